The zero-order chi connectivity index (χ0) is 12.7. The fourth-order valence-electron chi connectivity index (χ4n) is 1.40. The molecule has 0 aliphatic rings. The van der Waals surface area contributed by atoms with Crippen LogP contribution in [0.25, 0.3) is 0 Å². The van der Waals surface area contributed by atoms with Crippen molar-refractivity contribution in [3.05, 3.63) is 48.6 Å². The normalized spacial score (nSPS) is 11.0. The molecule has 0 fully saturated rings. The molecular formula is C14H18N2O. The second kappa shape index (κ2) is 6.53. The highest BCUT2D eigenvalue weighted by atomic mass is 16.1. The number of rotatable bonds is 4. The molecule has 3 heteroatoms. The Bertz CT molecular complexity index is 434. The number of allylic oxidation sites excluding steroid dienone is 3. The van der Waals surface area contributed by atoms with Gasteiger partial charge in [-0.3, -0.25) is 4.79 Å². The third-order valence-corrected chi connectivity index (χ3v) is 2.19. The average Bonchev–Trinajstić information content (AvgIpc) is 2.29. The van der Waals surface area contributed by atoms with Gasteiger partial charge in [-0.05, 0) is 19.1 Å². The highest BCUT2D eigenvalue weighted by molar-refractivity contribution is 6.01. The largest absolute Gasteiger partial charge is 0.376 e. The van der Waals surface area contributed by atoms with Crippen molar-refractivity contribution >= 4 is 17.3 Å². The molecule has 0 bridgehead atoms. The Morgan fingerprint density at radius 3 is 2.59 bits per heavy atom. The topological polar surface area (TPSA) is 32.3 Å². The predicted octanol–water partition coefficient (Wildman–Crippen LogP) is 2.82. The molecule has 0 unspecified atom stereocenters. The molecule has 1 aromatic carbocycles. The minimum Gasteiger partial charge on any atom is -0.376 e. The molecule has 0 heterocycles. The van der Waals surface area contributed by atoms with Crippen molar-refractivity contribution in [3.8, 4) is 0 Å². The van der Waals surface area contributed by atoms with Crippen LogP contribution in [0, 0.1) is 0 Å². The molecule has 3 nitrogen and oxygen atoms in total. The zero-order valence-electron chi connectivity index (χ0n) is 10.5. The van der Waals surface area contributed by atoms with E-state index in [9.17, 15) is 4.79 Å². The lowest BCUT2D eigenvalue weighted by molar-refractivity contribution is -0.111. The third kappa shape index (κ3) is 4.15. The second-order valence-corrected chi connectivity index (χ2v) is 3.79. The van der Waals surface area contributed by atoms with Crippen LogP contribution in [0.15, 0.2) is 48.6 Å². The number of carbonyl (C=O) groups excluding carboxylic acids is 1. The van der Waals surface area contributed by atoms with Crippen molar-refractivity contribution in [3.63, 3.8) is 0 Å². The Hall–Kier alpha value is -2.03. The monoisotopic (exact) mass is 230 g/mol. The van der Waals surface area contributed by atoms with Gasteiger partial charge in [-0.25, -0.2) is 0 Å². The third-order valence-electron chi connectivity index (χ3n) is 2.19. The van der Waals surface area contributed by atoms with E-state index in [0.717, 1.165) is 11.4 Å². The molecule has 0 aromatic heterocycles. The van der Waals surface area contributed by atoms with Crippen LogP contribution in [0.3, 0.4) is 0 Å². The van der Waals surface area contributed by atoms with Gasteiger partial charge >= 0.3 is 0 Å². The Morgan fingerprint density at radius 2 is 1.94 bits per heavy atom. The van der Waals surface area contributed by atoms with E-state index in [-0.39, 0.29) is 5.91 Å². The lowest BCUT2D eigenvalue weighted by atomic mass is 10.2. The fraction of sp³-hybridized carbons (Fsp3) is 0.214. The summed E-state index contributed by atoms with van der Waals surface area (Å²) in [7, 11) is 3.89. The molecule has 0 atom stereocenters. The van der Waals surface area contributed by atoms with Gasteiger partial charge in [0.2, 0.25) is 5.91 Å². The van der Waals surface area contributed by atoms with Crippen LogP contribution in [0.2, 0.25) is 0 Å². The minimum absolute atomic E-state index is 0.127. The quantitative estimate of drug-likeness (QED) is 0.637. The van der Waals surface area contributed by atoms with E-state index in [1.807, 2.05) is 62.3 Å². The first-order valence-corrected chi connectivity index (χ1v) is 5.52. The Morgan fingerprint density at radius 1 is 1.24 bits per heavy atom. The van der Waals surface area contributed by atoms with E-state index in [1.54, 1.807) is 6.08 Å². The Balaban J connectivity index is 2.78. The number of nitrogens with one attached hydrogen (secondary N) is 1. The molecule has 1 N–H and O–H groups in total. The summed E-state index contributed by atoms with van der Waals surface area (Å²) in [6, 6.07) is 7.70. The van der Waals surface area contributed by atoms with Gasteiger partial charge in [0.05, 0.1) is 11.4 Å². The summed E-state index contributed by atoms with van der Waals surface area (Å²) in [6.07, 6.45) is 6.91. The summed E-state index contributed by atoms with van der Waals surface area (Å²) >= 11 is 0. The molecule has 0 saturated heterocycles. The fourth-order valence-corrected chi connectivity index (χ4v) is 1.40. The van der Waals surface area contributed by atoms with Gasteiger partial charge in [-0.1, -0.05) is 30.4 Å². The maximum absolute atomic E-state index is 11.6. The number of hydrogen-bond acceptors (Lipinski definition) is 2. The van der Waals surface area contributed by atoms with Crippen molar-refractivity contribution in [2.45, 2.75) is 6.92 Å². The SMILES string of the molecule is CC=CC=CC(=O)Nc1ccccc1N(C)C. The number of amides is 1. The highest BCUT2D eigenvalue weighted by Crippen LogP contribution is 2.23. The average molecular weight is 230 g/mol. The summed E-state index contributed by atoms with van der Waals surface area (Å²) in [4.78, 5) is 13.6. The number of hydrogen-bond donors (Lipinski definition) is 1. The number of benzene rings is 1. The van der Waals surface area contributed by atoms with Crippen molar-refractivity contribution in [2.75, 3.05) is 24.3 Å². The number of nitrogens with zero attached hydrogens (tertiary/aromatic N) is 1. The van der Waals surface area contributed by atoms with E-state index in [4.69, 9.17) is 0 Å². The molecule has 90 valence electrons. The second-order valence-electron chi connectivity index (χ2n) is 3.79. The van der Waals surface area contributed by atoms with Gasteiger partial charge in [0, 0.05) is 20.2 Å². The first-order valence-electron chi connectivity index (χ1n) is 5.52. The molecule has 0 radical (unpaired) electrons. The molecule has 0 spiro atoms. The summed E-state index contributed by atoms with van der Waals surface area (Å²) in [5.74, 6) is -0.127. The van der Waals surface area contributed by atoms with Crippen LogP contribution in [0.5, 0.6) is 0 Å². The van der Waals surface area contributed by atoms with Crippen LogP contribution in [0.4, 0.5) is 11.4 Å². The Kier molecular flexibility index (Phi) is 5.01. The molecule has 17 heavy (non-hydrogen) atoms. The van der Waals surface area contributed by atoms with Gasteiger partial charge in [-0.2, -0.15) is 0 Å². The molecule has 0 aliphatic carbocycles. The summed E-state index contributed by atoms with van der Waals surface area (Å²) < 4.78 is 0. The van der Waals surface area contributed by atoms with Crippen LogP contribution in [0.1, 0.15) is 6.92 Å². The summed E-state index contributed by atoms with van der Waals surface area (Å²) in [6.45, 7) is 1.91. The zero-order valence-corrected chi connectivity index (χ0v) is 10.5. The van der Waals surface area contributed by atoms with Crippen LogP contribution in [-0.2, 0) is 4.79 Å². The minimum atomic E-state index is -0.127. The lowest BCUT2D eigenvalue weighted by Gasteiger charge is -2.17. The van der Waals surface area contributed by atoms with E-state index >= 15 is 0 Å². The highest BCUT2D eigenvalue weighted by Gasteiger charge is 2.04. The molecule has 1 rings (SSSR count). The smallest absolute Gasteiger partial charge is 0.248 e. The van der Waals surface area contributed by atoms with E-state index in [0.29, 0.717) is 0 Å². The first-order chi connectivity index (χ1) is 8.15. The maximum atomic E-state index is 11.6. The van der Waals surface area contributed by atoms with Crippen molar-refractivity contribution < 1.29 is 4.79 Å². The van der Waals surface area contributed by atoms with Crippen molar-refractivity contribution in [2.24, 2.45) is 0 Å². The summed E-state index contributed by atoms with van der Waals surface area (Å²) in [5, 5.41) is 2.85. The first kappa shape index (κ1) is 13.0. The number of para-hydroxylation sites is 2. The van der Waals surface area contributed by atoms with Crippen molar-refractivity contribution in [1.29, 1.82) is 0 Å². The van der Waals surface area contributed by atoms with Crippen LogP contribution in [-0.4, -0.2) is 20.0 Å². The van der Waals surface area contributed by atoms with Crippen LogP contribution >= 0.6 is 0 Å². The van der Waals surface area contributed by atoms with Gasteiger partial charge < -0.3 is 10.2 Å². The van der Waals surface area contributed by atoms with E-state index in [2.05, 4.69) is 5.32 Å². The Labute approximate surface area is 102 Å². The molecule has 1 amide bonds. The van der Waals surface area contributed by atoms with Crippen LogP contribution < -0.4 is 10.2 Å². The molecule has 0 aliphatic heterocycles. The van der Waals surface area contributed by atoms with E-state index in [1.165, 1.54) is 6.08 Å². The summed E-state index contributed by atoms with van der Waals surface area (Å²) in [5.41, 5.74) is 1.80. The maximum Gasteiger partial charge on any atom is 0.248 e. The van der Waals surface area contributed by atoms with Crippen molar-refractivity contribution in [1.82, 2.24) is 0 Å². The van der Waals surface area contributed by atoms with Gasteiger partial charge in [-0.15, -0.1) is 0 Å². The molecule has 0 saturated carbocycles. The van der Waals surface area contributed by atoms with Gasteiger partial charge in [0.15, 0.2) is 0 Å². The number of carbonyl (C=O) groups is 1. The lowest BCUT2D eigenvalue weighted by Crippen LogP contribution is -2.14. The van der Waals surface area contributed by atoms with Gasteiger partial charge in [0.25, 0.3) is 0 Å². The van der Waals surface area contributed by atoms with E-state index < -0.39 is 0 Å². The number of anilines is 2. The van der Waals surface area contributed by atoms with Gasteiger partial charge in [0.1, 0.15) is 0 Å². The predicted molar refractivity (Wildman–Crippen MR) is 73.4 cm³/mol. The standard InChI is InChI=1S/C14H18N2O/c1-4-5-6-11-14(17)15-12-9-7-8-10-13(12)16(2)3/h4-11H,1-3H3,(H,15,17). The molecular weight excluding hydrogens is 212 g/mol. The molecule has 1 aromatic rings.